The Morgan fingerprint density at radius 3 is 3.11 bits per heavy atom. The third-order valence-corrected chi connectivity index (χ3v) is 3.29. The molecular formula is C11H14N4O4. The van der Waals surface area contributed by atoms with E-state index in [2.05, 4.69) is 9.97 Å². The lowest BCUT2D eigenvalue weighted by atomic mass is 10.2. The van der Waals surface area contributed by atoms with Crippen LogP contribution in [-0.4, -0.2) is 43.6 Å². The first-order valence-corrected chi connectivity index (χ1v) is 5.91. The summed E-state index contributed by atoms with van der Waals surface area (Å²) < 4.78 is 7.16. The molecule has 5 N–H and O–H groups in total. The second kappa shape index (κ2) is 4.34. The SMILES string of the molecule is Nc1nc2c(ccn2C2C[C@H](O)[C@@H](CO)O2)c(=O)[nH]1. The molecule has 1 saturated heterocycles. The largest absolute Gasteiger partial charge is 0.394 e. The highest BCUT2D eigenvalue weighted by Gasteiger charge is 2.35. The van der Waals surface area contributed by atoms with E-state index in [1.807, 2.05) is 0 Å². The number of hydrogen-bond donors (Lipinski definition) is 4. The van der Waals surface area contributed by atoms with Crippen LogP contribution in [0.4, 0.5) is 5.95 Å². The summed E-state index contributed by atoms with van der Waals surface area (Å²) in [6, 6.07) is 1.61. The second-order valence-electron chi connectivity index (χ2n) is 4.53. The number of nitrogens with zero attached hydrogens (tertiary/aromatic N) is 2. The predicted octanol–water partition coefficient (Wildman–Crippen LogP) is -1.05. The van der Waals surface area contributed by atoms with Crippen LogP contribution in [0.5, 0.6) is 0 Å². The molecule has 2 aromatic rings. The highest BCUT2D eigenvalue weighted by Crippen LogP contribution is 2.30. The number of aromatic amines is 1. The van der Waals surface area contributed by atoms with E-state index in [1.165, 1.54) is 0 Å². The van der Waals surface area contributed by atoms with Gasteiger partial charge in [-0.25, -0.2) is 0 Å². The molecule has 1 aliphatic rings. The first-order chi connectivity index (χ1) is 9.10. The summed E-state index contributed by atoms with van der Waals surface area (Å²) in [6.45, 7) is -0.257. The number of fused-ring (bicyclic) bond motifs is 1. The Balaban J connectivity index is 2.05. The number of ether oxygens (including phenoxy) is 1. The number of rotatable bonds is 2. The molecule has 2 aromatic heterocycles. The van der Waals surface area contributed by atoms with Crippen molar-refractivity contribution in [3.63, 3.8) is 0 Å². The molecule has 0 aliphatic carbocycles. The summed E-state index contributed by atoms with van der Waals surface area (Å²) >= 11 is 0. The zero-order valence-corrected chi connectivity index (χ0v) is 9.98. The van der Waals surface area contributed by atoms with Gasteiger partial charge in [-0.15, -0.1) is 0 Å². The average Bonchev–Trinajstić information content (AvgIpc) is 2.92. The van der Waals surface area contributed by atoms with Crippen LogP contribution in [0.15, 0.2) is 17.1 Å². The quantitative estimate of drug-likeness (QED) is 0.549. The van der Waals surface area contributed by atoms with Gasteiger partial charge in [0, 0.05) is 12.6 Å². The van der Waals surface area contributed by atoms with Crippen molar-refractivity contribution in [1.29, 1.82) is 0 Å². The Morgan fingerprint density at radius 1 is 1.63 bits per heavy atom. The molecule has 0 saturated carbocycles. The number of nitrogens with two attached hydrogens (primary N) is 1. The molecule has 0 spiro atoms. The minimum atomic E-state index is -0.744. The first kappa shape index (κ1) is 12.2. The number of anilines is 1. The number of hydrogen-bond acceptors (Lipinski definition) is 6. The smallest absolute Gasteiger partial charge is 0.261 e. The van der Waals surface area contributed by atoms with Gasteiger partial charge in [-0.3, -0.25) is 9.78 Å². The Hall–Kier alpha value is -1.90. The lowest BCUT2D eigenvalue weighted by Crippen LogP contribution is -2.24. The number of aliphatic hydroxyl groups is 2. The molecule has 3 rings (SSSR count). The first-order valence-electron chi connectivity index (χ1n) is 5.91. The maximum atomic E-state index is 11.7. The summed E-state index contributed by atoms with van der Waals surface area (Å²) in [5.41, 5.74) is 5.60. The second-order valence-corrected chi connectivity index (χ2v) is 4.53. The standard InChI is InChI=1S/C11H14N4O4/c12-11-13-9-5(10(18)14-11)1-2-15(9)8-3-6(17)7(4-16)19-8/h1-2,6-8,16-17H,3-4H2,(H3,12,13,14,18)/t6-,7+,8?/m0/s1. The van der Waals surface area contributed by atoms with E-state index in [0.717, 1.165) is 0 Å². The molecule has 3 atom stereocenters. The monoisotopic (exact) mass is 266 g/mol. The third-order valence-electron chi connectivity index (χ3n) is 3.29. The van der Waals surface area contributed by atoms with Gasteiger partial charge in [0.25, 0.3) is 5.56 Å². The summed E-state index contributed by atoms with van der Waals surface area (Å²) in [7, 11) is 0. The Morgan fingerprint density at radius 2 is 2.42 bits per heavy atom. The molecule has 1 fully saturated rings. The number of aromatic nitrogens is 3. The fourth-order valence-corrected chi connectivity index (χ4v) is 2.34. The van der Waals surface area contributed by atoms with E-state index in [0.29, 0.717) is 17.5 Å². The van der Waals surface area contributed by atoms with Gasteiger partial charge in [0.05, 0.1) is 18.1 Å². The van der Waals surface area contributed by atoms with Gasteiger partial charge in [0.1, 0.15) is 12.3 Å². The van der Waals surface area contributed by atoms with E-state index in [4.69, 9.17) is 15.6 Å². The fourth-order valence-electron chi connectivity index (χ4n) is 2.34. The van der Waals surface area contributed by atoms with Crippen LogP contribution in [0, 0.1) is 0 Å². The zero-order valence-electron chi connectivity index (χ0n) is 9.98. The van der Waals surface area contributed by atoms with Crippen molar-refractivity contribution in [3.05, 3.63) is 22.6 Å². The van der Waals surface area contributed by atoms with Gasteiger partial charge in [-0.05, 0) is 6.07 Å². The molecule has 1 aliphatic heterocycles. The van der Waals surface area contributed by atoms with Crippen molar-refractivity contribution in [2.45, 2.75) is 24.9 Å². The van der Waals surface area contributed by atoms with Crippen LogP contribution >= 0.6 is 0 Å². The Kier molecular flexibility index (Phi) is 2.77. The maximum Gasteiger partial charge on any atom is 0.261 e. The lowest BCUT2D eigenvalue weighted by molar-refractivity contribution is -0.0430. The van der Waals surface area contributed by atoms with Crippen molar-refractivity contribution in [2.24, 2.45) is 0 Å². The maximum absolute atomic E-state index is 11.7. The minimum absolute atomic E-state index is 0.0229. The van der Waals surface area contributed by atoms with Crippen molar-refractivity contribution in [1.82, 2.24) is 14.5 Å². The number of nitrogen functional groups attached to an aromatic ring is 1. The van der Waals surface area contributed by atoms with E-state index in [-0.39, 0.29) is 18.1 Å². The molecular weight excluding hydrogens is 252 g/mol. The van der Waals surface area contributed by atoms with Crippen LogP contribution in [-0.2, 0) is 4.74 Å². The average molecular weight is 266 g/mol. The van der Waals surface area contributed by atoms with Crippen LogP contribution in [0.1, 0.15) is 12.6 Å². The molecule has 8 nitrogen and oxygen atoms in total. The number of H-pyrrole nitrogens is 1. The highest BCUT2D eigenvalue weighted by atomic mass is 16.5. The zero-order chi connectivity index (χ0) is 13.6. The summed E-state index contributed by atoms with van der Waals surface area (Å²) in [6.07, 6.45) is 0.138. The number of nitrogens with one attached hydrogen (secondary N) is 1. The molecule has 8 heteroatoms. The summed E-state index contributed by atoms with van der Waals surface area (Å²) in [5, 5.41) is 19.2. The lowest BCUT2D eigenvalue weighted by Gasteiger charge is -2.14. The molecule has 1 unspecified atom stereocenters. The van der Waals surface area contributed by atoms with Crippen LogP contribution in [0.25, 0.3) is 11.0 Å². The molecule has 0 radical (unpaired) electrons. The third kappa shape index (κ3) is 1.89. The molecule has 0 bridgehead atoms. The van der Waals surface area contributed by atoms with E-state index in [1.54, 1.807) is 16.8 Å². The molecule has 102 valence electrons. The van der Waals surface area contributed by atoms with Gasteiger partial charge in [-0.1, -0.05) is 0 Å². The predicted molar refractivity (Wildman–Crippen MR) is 66.4 cm³/mol. The van der Waals surface area contributed by atoms with Crippen molar-refractivity contribution >= 4 is 17.0 Å². The Bertz CT molecular complexity index is 664. The van der Waals surface area contributed by atoms with E-state index < -0.39 is 18.4 Å². The Labute approximate surface area is 107 Å². The van der Waals surface area contributed by atoms with Gasteiger partial charge >= 0.3 is 0 Å². The molecule has 0 aromatic carbocycles. The summed E-state index contributed by atoms with van der Waals surface area (Å²) in [5.74, 6) is 0.0229. The van der Waals surface area contributed by atoms with Gasteiger partial charge in [0.2, 0.25) is 5.95 Å². The van der Waals surface area contributed by atoms with Crippen molar-refractivity contribution < 1.29 is 14.9 Å². The fraction of sp³-hybridized carbons (Fsp3) is 0.455. The molecule has 19 heavy (non-hydrogen) atoms. The molecule has 3 heterocycles. The highest BCUT2D eigenvalue weighted by molar-refractivity contribution is 5.76. The van der Waals surface area contributed by atoms with Gasteiger partial charge in [0.15, 0.2) is 5.65 Å². The minimum Gasteiger partial charge on any atom is -0.394 e. The van der Waals surface area contributed by atoms with Crippen LogP contribution in [0.3, 0.4) is 0 Å². The van der Waals surface area contributed by atoms with Gasteiger partial charge < -0.3 is 25.3 Å². The van der Waals surface area contributed by atoms with E-state index >= 15 is 0 Å². The van der Waals surface area contributed by atoms with Gasteiger partial charge in [-0.2, -0.15) is 4.98 Å². The van der Waals surface area contributed by atoms with Crippen LogP contribution in [0.2, 0.25) is 0 Å². The topological polar surface area (TPSA) is 126 Å². The van der Waals surface area contributed by atoms with Crippen LogP contribution < -0.4 is 11.3 Å². The van der Waals surface area contributed by atoms with E-state index in [9.17, 15) is 9.90 Å². The number of aliphatic hydroxyl groups excluding tert-OH is 2. The normalized spacial score (nSPS) is 27.2. The molecule has 0 amide bonds. The van der Waals surface area contributed by atoms with Crippen molar-refractivity contribution in [3.8, 4) is 0 Å². The van der Waals surface area contributed by atoms with Crippen molar-refractivity contribution in [2.75, 3.05) is 12.3 Å². The summed E-state index contributed by atoms with van der Waals surface area (Å²) in [4.78, 5) is 18.2.